The normalized spacial score (nSPS) is 12.4. The molecule has 0 fully saturated rings. The van der Waals surface area contributed by atoms with Gasteiger partial charge in [0.1, 0.15) is 11.0 Å². The van der Waals surface area contributed by atoms with E-state index in [1.165, 1.54) is 17.6 Å². The van der Waals surface area contributed by atoms with Crippen molar-refractivity contribution in [3.8, 4) is 0 Å². The van der Waals surface area contributed by atoms with E-state index >= 15 is 0 Å². The van der Waals surface area contributed by atoms with E-state index in [0.29, 0.717) is 10.8 Å². The lowest BCUT2D eigenvalue weighted by molar-refractivity contribution is -0.136. The standard InChI is InChI=1S/C6H8N2O3S2/c1-13(11)8-6-7-4(3-12-6)2-5(9)10/h3H,2H2,1H3,(H,7,8)(H,9,10). The van der Waals surface area contributed by atoms with Crippen LogP contribution in [-0.2, 0) is 22.2 Å². The number of rotatable bonds is 4. The Bertz CT molecular complexity index is 306. The van der Waals surface area contributed by atoms with E-state index in [4.69, 9.17) is 5.11 Å². The molecule has 0 aromatic carbocycles. The number of nitrogens with zero attached hydrogens (tertiary/aromatic N) is 1. The maximum absolute atomic E-state index is 10.7. The molecule has 0 radical (unpaired) electrons. The maximum atomic E-state index is 10.7. The van der Waals surface area contributed by atoms with Crippen LogP contribution in [0, 0.1) is 0 Å². The molecule has 0 bridgehead atoms. The second kappa shape index (κ2) is 4.33. The van der Waals surface area contributed by atoms with Gasteiger partial charge in [0.25, 0.3) is 0 Å². The van der Waals surface area contributed by atoms with Crippen molar-refractivity contribution < 1.29 is 14.1 Å². The van der Waals surface area contributed by atoms with Crippen LogP contribution in [0.4, 0.5) is 5.13 Å². The number of aliphatic carboxylic acids is 1. The van der Waals surface area contributed by atoms with Crippen molar-refractivity contribution in [3.05, 3.63) is 11.1 Å². The predicted molar refractivity (Wildman–Crippen MR) is 51.1 cm³/mol. The monoisotopic (exact) mass is 220 g/mol. The van der Waals surface area contributed by atoms with E-state index < -0.39 is 17.0 Å². The van der Waals surface area contributed by atoms with Gasteiger partial charge in [0.15, 0.2) is 5.13 Å². The Morgan fingerprint density at radius 3 is 3.08 bits per heavy atom. The zero-order chi connectivity index (χ0) is 9.84. The van der Waals surface area contributed by atoms with Gasteiger partial charge in [-0.3, -0.25) is 9.52 Å². The SMILES string of the molecule is CS(=O)Nc1nc(CC(=O)O)cs1. The van der Waals surface area contributed by atoms with Gasteiger partial charge in [-0.2, -0.15) is 0 Å². The van der Waals surface area contributed by atoms with E-state index in [-0.39, 0.29) is 6.42 Å². The Balaban J connectivity index is 2.63. The molecule has 1 aromatic heterocycles. The molecule has 0 spiro atoms. The summed E-state index contributed by atoms with van der Waals surface area (Å²) in [4.78, 5) is 14.2. The minimum atomic E-state index is -1.17. The lowest BCUT2D eigenvalue weighted by atomic mass is 10.3. The second-order valence-corrected chi connectivity index (χ2v) is 4.24. The molecule has 0 aliphatic rings. The molecule has 1 atom stereocenters. The summed E-state index contributed by atoms with van der Waals surface area (Å²) in [6, 6.07) is 0. The third-order valence-electron chi connectivity index (χ3n) is 1.12. The number of carboxylic acids is 1. The molecule has 7 heteroatoms. The largest absolute Gasteiger partial charge is 0.481 e. The first kappa shape index (κ1) is 10.1. The highest BCUT2D eigenvalue weighted by molar-refractivity contribution is 7.85. The Morgan fingerprint density at radius 1 is 1.85 bits per heavy atom. The van der Waals surface area contributed by atoms with Crippen LogP contribution in [0.25, 0.3) is 0 Å². The first-order chi connectivity index (χ1) is 6.08. The van der Waals surface area contributed by atoms with Crippen LogP contribution in [-0.4, -0.2) is 26.5 Å². The van der Waals surface area contributed by atoms with E-state index in [2.05, 4.69) is 9.71 Å². The van der Waals surface area contributed by atoms with Crippen molar-refractivity contribution in [1.29, 1.82) is 0 Å². The zero-order valence-corrected chi connectivity index (χ0v) is 8.44. The number of thiazole rings is 1. The van der Waals surface area contributed by atoms with Crippen molar-refractivity contribution in [2.75, 3.05) is 11.0 Å². The van der Waals surface area contributed by atoms with Crippen molar-refractivity contribution in [2.24, 2.45) is 0 Å². The van der Waals surface area contributed by atoms with Crippen LogP contribution in [0.1, 0.15) is 5.69 Å². The number of hydrogen-bond acceptors (Lipinski definition) is 4. The summed E-state index contributed by atoms with van der Waals surface area (Å²) in [6.07, 6.45) is 1.38. The van der Waals surface area contributed by atoms with Gasteiger partial charge in [-0.15, -0.1) is 11.3 Å². The van der Waals surface area contributed by atoms with Gasteiger partial charge >= 0.3 is 5.97 Å². The van der Waals surface area contributed by atoms with Crippen LogP contribution < -0.4 is 4.72 Å². The second-order valence-electron chi connectivity index (χ2n) is 2.27. The van der Waals surface area contributed by atoms with Crippen molar-refractivity contribution in [1.82, 2.24) is 4.98 Å². The van der Waals surface area contributed by atoms with Crippen LogP contribution in [0.5, 0.6) is 0 Å². The molecule has 0 saturated heterocycles. The number of carboxylic acid groups (broad SMARTS) is 1. The first-order valence-corrected chi connectivity index (χ1v) is 5.78. The fourth-order valence-corrected chi connectivity index (χ4v) is 2.10. The molecule has 1 rings (SSSR count). The average Bonchev–Trinajstić information content (AvgIpc) is 2.33. The van der Waals surface area contributed by atoms with Gasteiger partial charge in [0.05, 0.1) is 12.1 Å². The van der Waals surface area contributed by atoms with Gasteiger partial charge in [0.2, 0.25) is 0 Å². The van der Waals surface area contributed by atoms with Gasteiger partial charge in [-0.05, 0) is 0 Å². The lowest BCUT2D eigenvalue weighted by Gasteiger charge is -1.93. The molecular weight excluding hydrogens is 212 g/mol. The van der Waals surface area contributed by atoms with E-state index in [0.717, 1.165) is 0 Å². The highest BCUT2D eigenvalue weighted by Crippen LogP contribution is 2.15. The molecule has 1 heterocycles. The van der Waals surface area contributed by atoms with Crippen LogP contribution in [0.15, 0.2) is 5.38 Å². The first-order valence-electron chi connectivity index (χ1n) is 3.34. The van der Waals surface area contributed by atoms with E-state index in [1.807, 2.05) is 0 Å². The molecule has 1 unspecified atom stereocenters. The molecule has 1 aromatic rings. The number of carbonyl (C=O) groups is 1. The molecule has 13 heavy (non-hydrogen) atoms. The summed E-state index contributed by atoms with van der Waals surface area (Å²) in [5.41, 5.74) is 0.477. The van der Waals surface area contributed by atoms with Crippen LogP contribution in [0.2, 0.25) is 0 Å². The summed E-state index contributed by atoms with van der Waals surface area (Å²) >= 11 is 1.24. The van der Waals surface area contributed by atoms with Crippen LogP contribution >= 0.6 is 11.3 Å². The summed E-state index contributed by atoms with van der Waals surface area (Å²) in [7, 11) is -1.17. The fourth-order valence-electron chi connectivity index (χ4n) is 0.713. The van der Waals surface area contributed by atoms with Gasteiger partial charge in [-0.1, -0.05) is 0 Å². The van der Waals surface area contributed by atoms with Gasteiger partial charge in [-0.25, -0.2) is 9.19 Å². The van der Waals surface area contributed by atoms with Crippen molar-refractivity contribution >= 4 is 33.4 Å². The quantitative estimate of drug-likeness (QED) is 0.773. The number of nitrogens with one attached hydrogen (secondary N) is 1. The third kappa shape index (κ3) is 3.51. The Kier molecular flexibility index (Phi) is 3.38. The lowest BCUT2D eigenvalue weighted by Crippen LogP contribution is -2.02. The summed E-state index contributed by atoms with van der Waals surface area (Å²) in [5, 5.41) is 10.6. The molecule has 0 aliphatic heterocycles. The number of aromatic nitrogens is 1. The molecular formula is C6H8N2O3S2. The highest BCUT2D eigenvalue weighted by Gasteiger charge is 2.05. The topological polar surface area (TPSA) is 79.3 Å². The number of anilines is 1. The Morgan fingerprint density at radius 2 is 2.54 bits per heavy atom. The zero-order valence-electron chi connectivity index (χ0n) is 6.81. The average molecular weight is 220 g/mol. The van der Waals surface area contributed by atoms with E-state index in [1.54, 1.807) is 5.38 Å². The van der Waals surface area contributed by atoms with Crippen LogP contribution in [0.3, 0.4) is 0 Å². The summed E-state index contributed by atoms with van der Waals surface area (Å²) < 4.78 is 13.3. The Labute approximate surface area is 81.4 Å². The third-order valence-corrected chi connectivity index (χ3v) is 2.53. The molecule has 0 amide bonds. The predicted octanol–water partition coefficient (Wildman–Crippen LogP) is 0.476. The highest BCUT2D eigenvalue weighted by atomic mass is 32.2. The van der Waals surface area contributed by atoms with Gasteiger partial charge in [0, 0.05) is 11.6 Å². The minimum absolute atomic E-state index is 0.103. The van der Waals surface area contributed by atoms with E-state index in [9.17, 15) is 9.00 Å². The Hall–Kier alpha value is -0.950. The number of hydrogen-bond donors (Lipinski definition) is 2. The maximum Gasteiger partial charge on any atom is 0.309 e. The minimum Gasteiger partial charge on any atom is -0.481 e. The molecule has 0 aliphatic carbocycles. The smallest absolute Gasteiger partial charge is 0.309 e. The summed E-state index contributed by atoms with van der Waals surface area (Å²) in [5.74, 6) is -0.922. The molecule has 0 saturated carbocycles. The molecule has 2 N–H and O–H groups in total. The van der Waals surface area contributed by atoms with Crippen molar-refractivity contribution in [2.45, 2.75) is 6.42 Å². The molecule has 5 nitrogen and oxygen atoms in total. The van der Waals surface area contributed by atoms with Crippen molar-refractivity contribution in [3.63, 3.8) is 0 Å². The molecule has 72 valence electrons. The van der Waals surface area contributed by atoms with Gasteiger partial charge < -0.3 is 5.11 Å². The summed E-state index contributed by atoms with van der Waals surface area (Å²) in [6.45, 7) is 0. The fraction of sp³-hybridized carbons (Fsp3) is 0.333.